The molecule has 8 heteroatoms. The number of H-pyrrole nitrogens is 1. The molecule has 2 rings (SSSR count). The number of piperidine rings is 1. The van der Waals surface area contributed by atoms with Crippen molar-refractivity contribution >= 4 is 11.9 Å². The number of nitrogens with zero attached hydrogens (tertiary/aromatic N) is 4. The van der Waals surface area contributed by atoms with E-state index in [0.29, 0.717) is 13.1 Å². The number of rotatable bonds is 3. The first-order chi connectivity index (χ1) is 8.16. The smallest absolute Gasteiger partial charge is 0.303 e. The number of carbonyl (C=O) groups excluding carboxylic acids is 1. The Morgan fingerprint density at radius 1 is 1.53 bits per heavy atom. The third-order valence-corrected chi connectivity index (χ3v) is 2.81. The van der Waals surface area contributed by atoms with Crippen molar-refractivity contribution in [2.75, 3.05) is 13.1 Å². The van der Waals surface area contributed by atoms with Crippen LogP contribution in [-0.2, 0) is 4.79 Å². The first-order valence-corrected chi connectivity index (χ1v) is 5.41. The second kappa shape index (κ2) is 4.89. The van der Waals surface area contributed by atoms with Crippen LogP contribution in [0.4, 0.5) is 0 Å². The average Bonchev–Trinajstić information content (AvgIpc) is 2.81. The Bertz CT molecular complexity index is 405. The zero-order valence-electron chi connectivity index (χ0n) is 9.17. The lowest BCUT2D eigenvalue weighted by atomic mass is 9.95. The summed E-state index contributed by atoms with van der Waals surface area (Å²) in [5.41, 5.74) is 0. The highest BCUT2D eigenvalue weighted by Gasteiger charge is 2.27. The molecule has 0 aliphatic carbocycles. The Balaban J connectivity index is 1.97. The molecule has 92 valence electrons. The van der Waals surface area contributed by atoms with Gasteiger partial charge in [-0.3, -0.25) is 9.59 Å². The quantitative estimate of drug-likeness (QED) is 0.737. The van der Waals surface area contributed by atoms with Crippen LogP contribution in [-0.4, -0.2) is 55.6 Å². The first-order valence-electron chi connectivity index (χ1n) is 5.41. The normalized spacial score (nSPS) is 20.2. The summed E-state index contributed by atoms with van der Waals surface area (Å²) < 4.78 is 0. The van der Waals surface area contributed by atoms with Crippen molar-refractivity contribution in [3.63, 3.8) is 0 Å². The van der Waals surface area contributed by atoms with Crippen LogP contribution in [0.5, 0.6) is 0 Å². The predicted octanol–water partition coefficient (Wildman–Crippen LogP) is -0.473. The fraction of sp³-hybridized carbons (Fsp3) is 0.667. The second-order valence-corrected chi connectivity index (χ2v) is 4.09. The van der Waals surface area contributed by atoms with E-state index in [1.165, 1.54) is 0 Å². The molecular formula is C9H13N5O3. The Morgan fingerprint density at radius 3 is 3.00 bits per heavy atom. The molecule has 8 nitrogen and oxygen atoms in total. The largest absolute Gasteiger partial charge is 0.481 e. The molecule has 0 radical (unpaired) electrons. The number of aliphatic carboxylic acids is 1. The Kier molecular flexibility index (Phi) is 3.31. The van der Waals surface area contributed by atoms with Gasteiger partial charge in [0.2, 0.25) is 0 Å². The van der Waals surface area contributed by atoms with E-state index in [1.807, 2.05) is 0 Å². The number of amides is 1. The number of aromatic nitrogens is 4. The molecule has 17 heavy (non-hydrogen) atoms. The van der Waals surface area contributed by atoms with Crippen molar-refractivity contribution in [2.24, 2.45) is 5.92 Å². The van der Waals surface area contributed by atoms with Crippen LogP contribution in [0.2, 0.25) is 0 Å². The second-order valence-electron chi connectivity index (χ2n) is 4.09. The third-order valence-electron chi connectivity index (χ3n) is 2.81. The molecule has 1 amide bonds. The minimum atomic E-state index is -0.830. The number of nitrogens with one attached hydrogen (secondary N) is 1. The molecule has 1 aromatic rings. The number of hydrogen-bond donors (Lipinski definition) is 2. The summed E-state index contributed by atoms with van der Waals surface area (Å²) in [5, 5.41) is 21.5. The van der Waals surface area contributed by atoms with Crippen molar-refractivity contribution in [3.8, 4) is 0 Å². The number of carbonyl (C=O) groups is 2. The van der Waals surface area contributed by atoms with Gasteiger partial charge in [-0.15, -0.1) is 10.2 Å². The molecule has 2 N–H and O–H groups in total. The molecule has 1 unspecified atom stereocenters. The van der Waals surface area contributed by atoms with Crippen LogP contribution < -0.4 is 0 Å². The van der Waals surface area contributed by atoms with Gasteiger partial charge in [-0.05, 0) is 24.0 Å². The van der Waals surface area contributed by atoms with E-state index < -0.39 is 5.97 Å². The maximum atomic E-state index is 11.9. The van der Waals surface area contributed by atoms with E-state index in [9.17, 15) is 9.59 Å². The molecule has 0 bridgehead atoms. The maximum Gasteiger partial charge on any atom is 0.303 e. The number of likely N-dealkylation sites (tertiary alicyclic amines) is 1. The summed E-state index contributed by atoms with van der Waals surface area (Å²) >= 11 is 0. The number of hydrogen-bond acceptors (Lipinski definition) is 5. The van der Waals surface area contributed by atoms with E-state index in [-0.39, 0.29) is 24.1 Å². The van der Waals surface area contributed by atoms with Crippen LogP contribution >= 0.6 is 0 Å². The molecule has 0 spiro atoms. The van der Waals surface area contributed by atoms with Gasteiger partial charge >= 0.3 is 5.97 Å². The molecule has 1 fully saturated rings. The molecule has 1 aliphatic rings. The molecule has 1 atom stereocenters. The topological polar surface area (TPSA) is 112 Å². The number of carboxylic acid groups (broad SMARTS) is 1. The molecule has 1 aliphatic heterocycles. The summed E-state index contributed by atoms with van der Waals surface area (Å²) in [6.45, 7) is 1.06. The van der Waals surface area contributed by atoms with Crippen LogP contribution in [0.15, 0.2) is 0 Å². The van der Waals surface area contributed by atoms with Gasteiger partial charge < -0.3 is 10.0 Å². The third kappa shape index (κ3) is 2.77. The molecule has 2 heterocycles. The fourth-order valence-electron chi connectivity index (χ4n) is 2.06. The minimum absolute atomic E-state index is 0.0112. The predicted molar refractivity (Wildman–Crippen MR) is 55.1 cm³/mol. The Labute approximate surface area is 97.0 Å². The Hall–Kier alpha value is -1.99. The highest BCUT2D eigenvalue weighted by molar-refractivity contribution is 5.90. The average molecular weight is 239 g/mol. The summed E-state index contributed by atoms with van der Waals surface area (Å²) in [6.07, 6.45) is 1.74. The van der Waals surface area contributed by atoms with Crippen LogP contribution in [0.25, 0.3) is 0 Å². The first kappa shape index (κ1) is 11.5. The zero-order chi connectivity index (χ0) is 12.3. The van der Waals surface area contributed by atoms with Gasteiger partial charge in [0.1, 0.15) is 0 Å². The van der Waals surface area contributed by atoms with Gasteiger partial charge in [0.15, 0.2) is 0 Å². The fourth-order valence-corrected chi connectivity index (χ4v) is 2.06. The van der Waals surface area contributed by atoms with E-state index in [0.717, 1.165) is 12.8 Å². The standard InChI is InChI=1S/C9H13N5O3/c15-7(16)4-6-2-1-3-14(5-6)9(17)8-10-12-13-11-8/h6H,1-5H2,(H,15,16)(H,10,11,12,13). The highest BCUT2D eigenvalue weighted by atomic mass is 16.4. The van der Waals surface area contributed by atoms with Crippen LogP contribution in [0.1, 0.15) is 29.9 Å². The number of aromatic amines is 1. The van der Waals surface area contributed by atoms with Gasteiger partial charge in [0, 0.05) is 19.5 Å². The van der Waals surface area contributed by atoms with Crippen LogP contribution in [0, 0.1) is 5.92 Å². The highest BCUT2D eigenvalue weighted by Crippen LogP contribution is 2.20. The zero-order valence-corrected chi connectivity index (χ0v) is 9.17. The molecule has 1 aromatic heterocycles. The number of carboxylic acids is 1. The van der Waals surface area contributed by atoms with Crippen molar-refractivity contribution < 1.29 is 14.7 Å². The van der Waals surface area contributed by atoms with Gasteiger partial charge in [-0.2, -0.15) is 5.21 Å². The Morgan fingerprint density at radius 2 is 2.35 bits per heavy atom. The van der Waals surface area contributed by atoms with Gasteiger partial charge in [-0.25, -0.2) is 0 Å². The van der Waals surface area contributed by atoms with Gasteiger partial charge in [0.25, 0.3) is 11.7 Å². The van der Waals surface area contributed by atoms with Gasteiger partial charge in [0.05, 0.1) is 0 Å². The summed E-state index contributed by atoms with van der Waals surface area (Å²) in [5.74, 6) is -1.09. The molecule has 0 aromatic carbocycles. The number of tetrazole rings is 1. The van der Waals surface area contributed by atoms with Crippen molar-refractivity contribution in [2.45, 2.75) is 19.3 Å². The van der Waals surface area contributed by atoms with Crippen LogP contribution in [0.3, 0.4) is 0 Å². The minimum Gasteiger partial charge on any atom is -0.481 e. The van der Waals surface area contributed by atoms with Gasteiger partial charge in [-0.1, -0.05) is 0 Å². The lowest BCUT2D eigenvalue weighted by molar-refractivity contribution is -0.138. The van der Waals surface area contributed by atoms with E-state index in [2.05, 4.69) is 20.6 Å². The molecule has 0 saturated carbocycles. The molecule has 1 saturated heterocycles. The van der Waals surface area contributed by atoms with Crippen molar-refractivity contribution in [1.82, 2.24) is 25.5 Å². The maximum absolute atomic E-state index is 11.9. The van der Waals surface area contributed by atoms with E-state index >= 15 is 0 Å². The monoisotopic (exact) mass is 239 g/mol. The van der Waals surface area contributed by atoms with E-state index in [4.69, 9.17) is 5.11 Å². The SMILES string of the molecule is O=C(O)CC1CCCN(C(=O)c2nn[nH]n2)C1. The summed E-state index contributed by atoms with van der Waals surface area (Å²) in [7, 11) is 0. The lowest BCUT2D eigenvalue weighted by Gasteiger charge is -2.31. The molecular weight excluding hydrogens is 226 g/mol. The lowest BCUT2D eigenvalue weighted by Crippen LogP contribution is -2.41. The summed E-state index contributed by atoms with van der Waals surface area (Å²) in [4.78, 5) is 24.1. The van der Waals surface area contributed by atoms with E-state index in [1.54, 1.807) is 4.90 Å². The van der Waals surface area contributed by atoms with Crippen molar-refractivity contribution in [1.29, 1.82) is 0 Å². The summed E-state index contributed by atoms with van der Waals surface area (Å²) in [6, 6.07) is 0. The van der Waals surface area contributed by atoms with Crippen molar-refractivity contribution in [3.05, 3.63) is 5.82 Å².